The molecule has 156 valence electrons. The van der Waals surface area contributed by atoms with Crippen molar-refractivity contribution in [1.29, 1.82) is 0 Å². The summed E-state index contributed by atoms with van der Waals surface area (Å²) >= 11 is 0. The Morgan fingerprint density at radius 3 is 2.71 bits per heavy atom. The van der Waals surface area contributed by atoms with E-state index >= 15 is 0 Å². The van der Waals surface area contributed by atoms with E-state index in [-0.39, 0.29) is 24.7 Å². The molecular weight excluding hydrogens is 360 g/mol. The Morgan fingerprint density at radius 2 is 2.07 bits per heavy atom. The van der Waals surface area contributed by atoms with Crippen molar-refractivity contribution in [2.75, 3.05) is 47.4 Å². The molecular formula is C20H32N4O4. The number of nitrogens with zero attached hydrogens (tertiary/aromatic N) is 2. The predicted octanol–water partition coefficient (Wildman–Crippen LogP) is 1.26. The van der Waals surface area contributed by atoms with Gasteiger partial charge in [-0.25, -0.2) is 4.99 Å². The molecule has 1 aromatic carbocycles. The van der Waals surface area contributed by atoms with Gasteiger partial charge in [0.15, 0.2) is 17.5 Å². The summed E-state index contributed by atoms with van der Waals surface area (Å²) in [4.78, 5) is 17.8. The lowest BCUT2D eigenvalue weighted by atomic mass is 10.2. The molecule has 0 saturated carbocycles. The van der Waals surface area contributed by atoms with Gasteiger partial charge in [0.05, 0.1) is 19.8 Å². The summed E-state index contributed by atoms with van der Waals surface area (Å²) in [6, 6.07) is 7.53. The number of hydrogen-bond donors (Lipinski definition) is 2. The van der Waals surface area contributed by atoms with Gasteiger partial charge in [0, 0.05) is 27.2 Å². The molecule has 8 heteroatoms. The SMILES string of the molecule is COc1ccccc1OC(C)CNC(=NCC(=O)N(C)C)NCC1CCCO1. The summed E-state index contributed by atoms with van der Waals surface area (Å²) in [7, 11) is 5.05. The Balaban J connectivity index is 1.90. The Labute approximate surface area is 167 Å². The van der Waals surface area contributed by atoms with Crippen molar-refractivity contribution in [1.82, 2.24) is 15.5 Å². The van der Waals surface area contributed by atoms with Gasteiger partial charge in [0.2, 0.25) is 5.91 Å². The van der Waals surface area contributed by atoms with Crippen LogP contribution in [0.1, 0.15) is 19.8 Å². The van der Waals surface area contributed by atoms with Crippen molar-refractivity contribution >= 4 is 11.9 Å². The second-order valence-electron chi connectivity index (χ2n) is 6.93. The number of methoxy groups -OCH3 is 1. The fourth-order valence-corrected chi connectivity index (χ4v) is 2.69. The van der Waals surface area contributed by atoms with Crippen LogP contribution in [0.5, 0.6) is 11.5 Å². The molecule has 1 aliphatic heterocycles. The molecule has 1 heterocycles. The molecule has 1 fully saturated rings. The summed E-state index contributed by atoms with van der Waals surface area (Å²) in [5.74, 6) is 1.89. The van der Waals surface area contributed by atoms with E-state index in [2.05, 4.69) is 15.6 Å². The monoisotopic (exact) mass is 392 g/mol. The quantitative estimate of drug-likeness (QED) is 0.486. The number of ether oxygens (including phenoxy) is 3. The highest BCUT2D eigenvalue weighted by atomic mass is 16.5. The van der Waals surface area contributed by atoms with Crippen molar-refractivity contribution in [3.63, 3.8) is 0 Å². The summed E-state index contributed by atoms with van der Waals surface area (Å²) in [5.41, 5.74) is 0. The van der Waals surface area contributed by atoms with Gasteiger partial charge in [-0.1, -0.05) is 12.1 Å². The van der Waals surface area contributed by atoms with E-state index in [0.717, 1.165) is 19.4 Å². The van der Waals surface area contributed by atoms with Crippen LogP contribution < -0.4 is 20.1 Å². The number of rotatable bonds is 9. The standard InChI is InChI=1S/C20H32N4O4/c1-15(28-18-10-6-5-9-17(18)26-4)12-21-20(23-14-19(25)24(2)3)22-13-16-8-7-11-27-16/h5-6,9-10,15-16H,7-8,11-14H2,1-4H3,(H2,21,22,23). The fraction of sp³-hybridized carbons (Fsp3) is 0.600. The molecule has 2 N–H and O–H groups in total. The largest absolute Gasteiger partial charge is 0.493 e. The summed E-state index contributed by atoms with van der Waals surface area (Å²) in [6.07, 6.45) is 2.16. The van der Waals surface area contributed by atoms with Gasteiger partial charge < -0.3 is 29.7 Å². The first-order valence-electron chi connectivity index (χ1n) is 9.63. The number of nitrogens with one attached hydrogen (secondary N) is 2. The number of carbonyl (C=O) groups is 1. The van der Waals surface area contributed by atoms with Gasteiger partial charge in [-0.15, -0.1) is 0 Å². The zero-order valence-electron chi connectivity index (χ0n) is 17.2. The second-order valence-corrected chi connectivity index (χ2v) is 6.93. The number of likely N-dealkylation sites (N-methyl/N-ethyl adjacent to an activating group) is 1. The van der Waals surface area contributed by atoms with Crippen molar-refractivity contribution < 1.29 is 19.0 Å². The number of guanidine groups is 1. The third kappa shape index (κ3) is 7.26. The highest BCUT2D eigenvalue weighted by Gasteiger charge is 2.16. The Kier molecular flexibility index (Phi) is 8.87. The molecule has 0 aromatic heterocycles. The Bertz CT molecular complexity index is 645. The smallest absolute Gasteiger partial charge is 0.243 e. The molecule has 1 aliphatic rings. The molecule has 1 saturated heterocycles. The molecule has 0 radical (unpaired) electrons. The Morgan fingerprint density at radius 1 is 1.32 bits per heavy atom. The molecule has 0 spiro atoms. The third-order valence-electron chi connectivity index (χ3n) is 4.35. The first-order chi connectivity index (χ1) is 13.5. The number of carbonyl (C=O) groups excluding carboxylic acids is 1. The zero-order chi connectivity index (χ0) is 20.4. The fourth-order valence-electron chi connectivity index (χ4n) is 2.69. The summed E-state index contributed by atoms with van der Waals surface area (Å²) in [5, 5.41) is 6.50. The van der Waals surface area contributed by atoms with Crippen LogP contribution in [0.4, 0.5) is 0 Å². The lowest BCUT2D eigenvalue weighted by molar-refractivity contribution is -0.127. The van der Waals surface area contributed by atoms with Crippen LogP contribution in [0, 0.1) is 0 Å². The van der Waals surface area contributed by atoms with Gasteiger partial charge in [-0.2, -0.15) is 0 Å². The molecule has 0 aliphatic carbocycles. The van der Waals surface area contributed by atoms with Crippen LogP contribution in [-0.4, -0.2) is 76.4 Å². The van der Waals surface area contributed by atoms with Gasteiger partial charge in [0.25, 0.3) is 0 Å². The number of para-hydroxylation sites is 2. The van der Waals surface area contributed by atoms with E-state index in [1.165, 1.54) is 4.90 Å². The van der Waals surface area contributed by atoms with Crippen molar-refractivity contribution in [2.24, 2.45) is 4.99 Å². The normalized spacial score (nSPS) is 17.7. The Hall–Kier alpha value is -2.48. The second kappa shape index (κ2) is 11.4. The number of amides is 1. The lowest BCUT2D eigenvalue weighted by Gasteiger charge is -2.20. The minimum absolute atomic E-state index is 0.0588. The van der Waals surface area contributed by atoms with E-state index in [4.69, 9.17) is 14.2 Å². The maximum Gasteiger partial charge on any atom is 0.243 e. The van der Waals surface area contributed by atoms with Crippen LogP contribution in [0.2, 0.25) is 0 Å². The maximum atomic E-state index is 11.9. The van der Waals surface area contributed by atoms with E-state index < -0.39 is 0 Å². The maximum absolute atomic E-state index is 11.9. The highest BCUT2D eigenvalue weighted by molar-refractivity contribution is 5.84. The van der Waals surface area contributed by atoms with E-state index in [0.29, 0.717) is 30.5 Å². The first-order valence-corrected chi connectivity index (χ1v) is 9.63. The topological polar surface area (TPSA) is 84.4 Å². The highest BCUT2D eigenvalue weighted by Crippen LogP contribution is 2.26. The van der Waals surface area contributed by atoms with Crippen LogP contribution >= 0.6 is 0 Å². The zero-order valence-corrected chi connectivity index (χ0v) is 17.2. The summed E-state index contributed by atoms with van der Waals surface area (Å²) < 4.78 is 16.9. The van der Waals surface area contributed by atoms with Crippen molar-refractivity contribution in [2.45, 2.75) is 32.0 Å². The number of benzene rings is 1. The minimum Gasteiger partial charge on any atom is -0.493 e. The minimum atomic E-state index is -0.129. The first kappa shape index (κ1) is 21.8. The van der Waals surface area contributed by atoms with Crippen LogP contribution in [0.15, 0.2) is 29.3 Å². The molecule has 2 unspecified atom stereocenters. The van der Waals surface area contributed by atoms with Gasteiger partial charge in [0.1, 0.15) is 12.6 Å². The van der Waals surface area contributed by atoms with Gasteiger partial charge in [-0.05, 0) is 31.9 Å². The molecule has 28 heavy (non-hydrogen) atoms. The lowest BCUT2D eigenvalue weighted by Crippen LogP contribution is -2.44. The van der Waals surface area contributed by atoms with Crippen molar-refractivity contribution in [3.05, 3.63) is 24.3 Å². The van der Waals surface area contributed by atoms with Crippen LogP contribution in [0.25, 0.3) is 0 Å². The van der Waals surface area contributed by atoms with Gasteiger partial charge >= 0.3 is 0 Å². The van der Waals surface area contributed by atoms with E-state index in [1.807, 2.05) is 31.2 Å². The molecule has 2 rings (SSSR count). The van der Waals surface area contributed by atoms with E-state index in [1.54, 1.807) is 21.2 Å². The molecule has 2 atom stereocenters. The molecule has 0 bridgehead atoms. The van der Waals surface area contributed by atoms with Gasteiger partial charge in [-0.3, -0.25) is 4.79 Å². The average Bonchev–Trinajstić information content (AvgIpc) is 3.21. The average molecular weight is 393 g/mol. The summed E-state index contributed by atoms with van der Waals surface area (Å²) in [6.45, 7) is 4.02. The van der Waals surface area contributed by atoms with Crippen LogP contribution in [-0.2, 0) is 9.53 Å². The number of aliphatic imine (C=N–C) groups is 1. The molecule has 1 amide bonds. The third-order valence-corrected chi connectivity index (χ3v) is 4.35. The van der Waals surface area contributed by atoms with E-state index in [9.17, 15) is 4.79 Å². The molecule has 1 aromatic rings. The van der Waals surface area contributed by atoms with Crippen LogP contribution in [0.3, 0.4) is 0 Å². The number of hydrogen-bond acceptors (Lipinski definition) is 5. The predicted molar refractivity (Wildman–Crippen MR) is 109 cm³/mol. The molecule has 8 nitrogen and oxygen atoms in total. The van der Waals surface area contributed by atoms with Crippen molar-refractivity contribution in [3.8, 4) is 11.5 Å².